The Morgan fingerprint density at radius 3 is 2.53 bits per heavy atom. The highest BCUT2D eigenvalue weighted by atomic mass is 19.4. The molecule has 6 heteroatoms. The molecule has 84 valence electrons. The summed E-state index contributed by atoms with van der Waals surface area (Å²) in [5.41, 5.74) is 0.0410. The van der Waals surface area contributed by atoms with Crippen LogP contribution in [-0.4, -0.2) is 18.1 Å². The fraction of sp³-hybridized carbons (Fsp3) is 0.333. The van der Waals surface area contributed by atoms with Gasteiger partial charge in [-0.3, -0.25) is 4.74 Å². The van der Waals surface area contributed by atoms with Gasteiger partial charge in [-0.15, -0.1) is 13.2 Å². The topological polar surface area (TPSA) is 29.5 Å². The molecule has 1 aromatic carbocycles. The summed E-state index contributed by atoms with van der Waals surface area (Å²) in [6, 6.07) is 4.68. The second-order valence-electron chi connectivity index (χ2n) is 2.83. The minimum atomic E-state index is -4.80. The van der Waals surface area contributed by atoms with Gasteiger partial charge >= 0.3 is 6.36 Å². The maximum absolute atomic E-state index is 12.6. The van der Waals surface area contributed by atoms with E-state index in [0.717, 1.165) is 12.1 Å². The van der Waals surface area contributed by atoms with E-state index in [1.807, 2.05) is 0 Å². The molecule has 0 radical (unpaired) electrons. The van der Waals surface area contributed by atoms with E-state index in [2.05, 4.69) is 4.74 Å². The van der Waals surface area contributed by atoms with Gasteiger partial charge in [-0.2, -0.15) is 0 Å². The van der Waals surface area contributed by atoms with Gasteiger partial charge in [-0.05, 0) is 17.7 Å². The van der Waals surface area contributed by atoms with Gasteiger partial charge in [-0.1, -0.05) is 12.1 Å². The quantitative estimate of drug-likeness (QED) is 0.799. The standard InChI is InChI=1S/C9H8F4O2/c10-7-3-1-2-6(4-7)8(14)5-15-9(11,12)13/h1-4,8,14H,5H2/t8-/m0/s1. The Balaban J connectivity index is 2.58. The number of hydrogen-bond acceptors (Lipinski definition) is 2. The molecule has 2 nitrogen and oxygen atoms in total. The van der Waals surface area contributed by atoms with Gasteiger partial charge in [-0.25, -0.2) is 4.39 Å². The molecule has 0 bridgehead atoms. The minimum Gasteiger partial charge on any atom is -0.386 e. The molecule has 1 rings (SSSR count). The Morgan fingerprint density at radius 1 is 1.33 bits per heavy atom. The van der Waals surface area contributed by atoms with E-state index in [9.17, 15) is 22.7 Å². The molecule has 0 unspecified atom stereocenters. The molecule has 0 heterocycles. The molecule has 15 heavy (non-hydrogen) atoms. The maximum Gasteiger partial charge on any atom is 0.522 e. The van der Waals surface area contributed by atoms with E-state index >= 15 is 0 Å². The third-order valence-corrected chi connectivity index (χ3v) is 1.64. The monoisotopic (exact) mass is 224 g/mol. The Hall–Kier alpha value is -1.14. The van der Waals surface area contributed by atoms with Gasteiger partial charge < -0.3 is 5.11 Å². The van der Waals surface area contributed by atoms with E-state index in [1.54, 1.807) is 0 Å². The second-order valence-corrected chi connectivity index (χ2v) is 2.83. The van der Waals surface area contributed by atoms with Gasteiger partial charge in [0.2, 0.25) is 0 Å². The van der Waals surface area contributed by atoms with Gasteiger partial charge in [0.05, 0.1) is 6.61 Å². The number of aliphatic hydroxyl groups is 1. The summed E-state index contributed by atoms with van der Waals surface area (Å²) in [6.07, 6.45) is -6.30. The molecular formula is C9H8F4O2. The molecule has 0 saturated carbocycles. The lowest BCUT2D eigenvalue weighted by molar-refractivity contribution is -0.331. The van der Waals surface area contributed by atoms with Crippen molar-refractivity contribution in [3.8, 4) is 0 Å². The zero-order valence-corrected chi connectivity index (χ0v) is 7.46. The normalized spacial score (nSPS) is 13.9. The SMILES string of the molecule is O[C@@H](COC(F)(F)F)c1cccc(F)c1. The number of ether oxygens (including phenoxy) is 1. The lowest BCUT2D eigenvalue weighted by atomic mass is 10.1. The first-order chi connectivity index (χ1) is 6.88. The third-order valence-electron chi connectivity index (χ3n) is 1.64. The van der Waals surface area contributed by atoms with E-state index in [-0.39, 0.29) is 5.56 Å². The van der Waals surface area contributed by atoms with Crippen LogP contribution >= 0.6 is 0 Å². The largest absolute Gasteiger partial charge is 0.522 e. The Morgan fingerprint density at radius 2 is 2.00 bits per heavy atom. The Labute approximate surface area is 83.1 Å². The zero-order chi connectivity index (χ0) is 11.5. The number of halogens is 4. The minimum absolute atomic E-state index is 0.0410. The average molecular weight is 224 g/mol. The van der Waals surface area contributed by atoms with Crippen LogP contribution < -0.4 is 0 Å². The van der Waals surface area contributed by atoms with Crippen LogP contribution in [0.5, 0.6) is 0 Å². The molecule has 0 saturated heterocycles. The van der Waals surface area contributed by atoms with Crippen LogP contribution in [0.3, 0.4) is 0 Å². The van der Waals surface area contributed by atoms with Crippen molar-refractivity contribution in [3.05, 3.63) is 35.6 Å². The van der Waals surface area contributed by atoms with Crippen LogP contribution in [-0.2, 0) is 4.74 Å². The zero-order valence-electron chi connectivity index (χ0n) is 7.46. The van der Waals surface area contributed by atoms with Crippen molar-refractivity contribution in [2.45, 2.75) is 12.5 Å². The summed E-state index contributed by atoms with van der Waals surface area (Å²) in [7, 11) is 0. The van der Waals surface area contributed by atoms with E-state index in [1.165, 1.54) is 12.1 Å². The molecule has 1 N–H and O–H groups in total. The first kappa shape index (κ1) is 11.9. The molecule has 0 aliphatic heterocycles. The molecular weight excluding hydrogens is 216 g/mol. The van der Waals surface area contributed by atoms with Gasteiger partial charge in [0, 0.05) is 0 Å². The van der Waals surface area contributed by atoms with Crippen LogP contribution in [0.15, 0.2) is 24.3 Å². The van der Waals surface area contributed by atoms with E-state index in [0.29, 0.717) is 0 Å². The first-order valence-electron chi connectivity index (χ1n) is 4.03. The van der Waals surface area contributed by atoms with Crippen molar-refractivity contribution < 1.29 is 27.4 Å². The van der Waals surface area contributed by atoms with Crippen molar-refractivity contribution in [3.63, 3.8) is 0 Å². The lowest BCUT2D eigenvalue weighted by Gasteiger charge is -2.13. The number of rotatable bonds is 3. The number of benzene rings is 1. The fourth-order valence-corrected chi connectivity index (χ4v) is 0.984. The Bertz CT molecular complexity index is 324. The molecule has 1 atom stereocenters. The summed E-state index contributed by atoms with van der Waals surface area (Å²) >= 11 is 0. The summed E-state index contributed by atoms with van der Waals surface area (Å²) in [4.78, 5) is 0. The predicted molar refractivity (Wildman–Crippen MR) is 43.4 cm³/mol. The first-order valence-corrected chi connectivity index (χ1v) is 4.03. The number of aliphatic hydroxyl groups excluding tert-OH is 1. The molecule has 0 spiro atoms. The van der Waals surface area contributed by atoms with Crippen molar-refractivity contribution in [2.24, 2.45) is 0 Å². The number of alkyl halides is 3. The Kier molecular flexibility index (Phi) is 3.65. The van der Waals surface area contributed by atoms with Gasteiger partial charge in [0.25, 0.3) is 0 Å². The van der Waals surface area contributed by atoms with E-state index < -0.39 is 24.9 Å². The summed E-state index contributed by atoms with van der Waals surface area (Å²) in [5.74, 6) is -0.626. The van der Waals surface area contributed by atoms with Gasteiger partial charge in [0.1, 0.15) is 11.9 Å². The molecule has 1 aromatic rings. The molecule has 0 aliphatic carbocycles. The van der Waals surface area contributed by atoms with Crippen LogP contribution in [0.4, 0.5) is 17.6 Å². The maximum atomic E-state index is 12.6. The molecule has 0 aromatic heterocycles. The summed E-state index contributed by atoms with van der Waals surface area (Å²) in [5, 5.41) is 9.22. The van der Waals surface area contributed by atoms with Crippen molar-refractivity contribution in [1.29, 1.82) is 0 Å². The van der Waals surface area contributed by atoms with Crippen molar-refractivity contribution in [1.82, 2.24) is 0 Å². The van der Waals surface area contributed by atoms with Crippen LogP contribution in [0, 0.1) is 5.82 Å². The second kappa shape index (κ2) is 4.59. The highest BCUT2D eigenvalue weighted by molar-refractivity contribution is 5.18. The predicted octanol–water partition coefficient (Wildman–Crippen LogP) is 2.40. The summed E-state index contributed by atoms with van der Waals surface area (Å²) in [6.45, 7) is -0.951. The van der Waals surface area contributed by atoms with Gasteiger partial charge in [0.15, 0.2) is 0 Å². The molecule has 0 fully saturated rings. The van der Waals surface area contributed by atoms with Crippen LogP contribution in [0.1, 0.15) is 11.7 Å². The fourth-order valence-electron chi connectivity index (χ4n) is 0.984. The molecule has 0 amide bonds. The third kappa shape index (κ3) is 4.26. The lowest BCUT2D eigenvalue weighted by Crippen LogP contribution is -2.18. The number of hydrogen-bond donors (Lipinski definition) is 1. The highest BCUT2D eigenvalue weighted by Gasteiger charge is 2.30. The molecule has 0 aliphatic rings. The van der Waals surface area contributed by atoms with Crippen LogP contribution in [0.25, 0.3) is 0 Å². The van der Waals surface area contributed by atoms with Crippen molar-refractivity contribution >= 4 is 0 Å². The van der Waals surface area contributed by atoms with Crippen molar-refractivity contribution in [2.75, 3.05) is 6.61 Å². The summed E-state index contributed by atoms with van der Waals surface area (Å²) < 4.78 is 50.9. The highest BCUT2D eigenvalue weighted by Crippen LogP contribution is 2.21. The smallest absolute Gasteiger partial charge is 0.386 e. The van der Waals surface area contributed by atoms with E-state index in [4.69, 9.17) is 0 Å². The average Bonchev–Trinajstić information content (AvgIpc) is 2.13. The van der Waals surface area contributed by atoms with Crippen LogP contribution in [0.2, 0.25) is 0 Å².